The van der Waals surface area contributed by atoms with Gasteiger partial charge in [-0.1, -0.05) is 0 Å². The summed E-state index contributed by atoms with van der Waals surface area (Å²) in [4.78, 5) is 15.9. The van der Waals surface area contributed by atoms with E-state index in [1.165, 1.54) is 0 Å². The number of nitrogens with one attached hydrogen (secondary N) is 2. The fourth-order valence-corrected chi connectivity index (χ4v) is 3.65. The summed E-state index contributed by atoms with van der Waals surface area (Å²) < 4.78 is 102. The van der Waals surface area contributed by atoms with Crippen LogP contribution in [0.3, 0.4) is 0 Å². The van der Waals surface area contributed by atoms with Gasteiger partial charge in [-0.3, -0.25) is 15.6 Å². The number of amides is 1. The van der Waals surface area contributed by atoms with Crippen LogP contribution in [-0.4, -0.2) is 69.4 Å². The summed E-state index contributed by atoms with van der Waals surface area (Å²) in [5, 5.41) is 20.4. The molecule has 0 saturated carbocycles. The minimum Gasteiger partial charge on any atom is -0.407 e. The molecule has 39 heavy (non-hydrogen) atoms. The van der Waals surface area contributed by atoms with E-state index in [1.54, 1.807) is 19.0 Å². The molecule has 0 aliphatic carbocycles. The van der Waals surface area contributed by atoms with Gasteiger partial charge in [-0.2, -0.15) is 26.3 Å². The Morgan fingerprint density at radius 2 is 1.64 bits per heavy atom. The molecule has 0 radical (unpaired) electrons. The lowest BCUT2D eigenvalue weighted by Gasteiger charge is -2.29. The molecule has 0 spiro atoms. The Kier molecular flexibility index (Phi) is 10.3. The lowest BCUT2D eigenvalue weighted by molar-refractivity contribution is -0.143. The number of hydrogen-bond acceptors (Lipinski definition) is 6. The van der Waals surface area contributed by atoms with Gasteiger partial charge < -0.3 is 19.6 Å². The first-order valence-electron chi connectivity index (χ1n) is 11.3. The zero-order valence-corrected chi connectivity index (χ0v) is 21.4. The number of carbonyl (C=O) groups excluding carboxylic acids is 1. The number of rotatable bonds is 10. The highest BCUT2D eigenvalue weighted by atomic mass is 19.4. The van der Waals surface area contributed by atoms with Crippen LogP contribution < -0.4 is 19.9 Å². The molecule has 0 heterocycles. The van der Waals surface area contributed by atoms with Crippen LogP contribution in [0.1, 0.15) is 16.7 Å². The molecule has 0 aliphatic heterocycles. The second-order valence-corrected chi connectivity index (χ2v) is 8.80. The summed E-state index contributed by atoms with van der Waals surface area (Å²) >= 11 is 0. The second kappa shape index (κ2) is 12.6. The van der Waals surface area contributed by atoms with Gasteiger partial charge in [0.1, 0.15) is 11.4 Å². The predicted molar refractivity (Wildman–Crippen MR) is 131 cm³/mol. The van der Waals surface area contributed by atoms with E-state index in [-0.39, 0.29) is 24.8 Å². The molecule has 1 amide bonds. The number of nitrogens with zero attached hydrogens (tertiary/aromatic N) is 3. The zero-order chi connectivity index (χ0) is 29.7. The van der Waals surface area contributed by atoms with Gasteiger partial charge >= 0.3 is 18.4 Å². The van der Waals surface area contributed by atoms with E-state index >= 15 is 0 Å². The zero-order valence-electron chi connectivity index (χ0n) is 21.4. The number of aliphatic hydroxyl groups excluding tert-OH is 1. The van der Waals surface area contributed by atoms with Crippen LogP contribution in [0.2, 0.25) is 0 Å². The molecular formula is C24H28F7N5O3. The Morgan fingerprint density at radius 3 is 2.13 bits per heavy atom. The summed E-state index contributed by atoms with van der Waals surface area (Å²) in [6, 6.07) is 4.11. The molecule has 0 fully saturated rings. The topological polar surface area (TPSA) is 92.1 Å². The Hall–Kier alpha value is -3.43. The van der Waals surface area contributed by atoms with Gasteiger partial charge in [0.05, 0.1) is 30.4 Å². The van der Waals surface area contributed by atoms with Crippen LogP contribution in [0.5, 0.6) is 5.75 Å². The van der Waals surface area contributed by atoms with Crippen LogP contribution in [0, 0.1) is 18.2 Å². The van der Waals surface area contributed by atoms with Crippen molar-refractivity contribution in [2.24, 2.45) is 0 Å². The van der Waals surface area contributed by atoms with Crippen molar-refractivity contribution in [1.29, 1.82) is 5.41 Å². The molecule has 216 valence electrons. The van der Waals surface area contributed by atoms with Gasteiger partial charge in [0.25, 0.3) is 0 Å². The number of aliphatic hydroxyl groups is 1. The molecule has 0 aliphatic rings. The summed E-state index contributed by atoms with van der Waals surface area (Å²) in [5.74, 6) is -1.91. The van der Waals surface area contributed by atoms with Crippen LogP contribution >= 0.6 is 0 Å². The van der Waals surface area contributed by atoms with Crippen molar-refractivity contribution in [1.82, 2.24) is 10.2 Å². The van der Waals surface area contributed by atoms with E-state index in [2.05, 4.69) is 5.32 Å². The highest BCUT2D eigenvalue weighted by Gasteiger charge is 2.43. The number of likely N-dealkylation sites (N-methyl/N-ethyl adjacent to an activating group) is 1. The standard InChI is InChI=1S/C24H28F7N5O3/c1-14-18(23(26,27)28)9-19(24(29,30)31)21(39-22(38)35(4)16-7-5-15(25)6-8-16)20(14)36(12-32)13-33-10-17(37)11-34(2)3/h5-9,12,17,32-33,37H,10-11,13H2,1-4H3. The smallest absolute Gasteiger partial charge is 0.407 e. The van der Waals surface area contributed by atoms with Crippen LogP contribution in [-0.2, 0) is 12.4 Å². The average Bonchev–Trinajstić information content (AvgIpc) is 2.80. The number of hydrogen-bond donors (Lipinski definition) is 3. The molecular weight excluding hydrogens is 539 g/mol. The third-order valence-electron chi connectivity index (χ3n) is 5.48. The Morgan fingerprint density at radius 1 is 1.08 bits per heavy atom. The third-order valence-corrected chi connectivity index (χ3v) is 5.48. The molecule has 2 aromatic rings. The Balaban J connectivity index is 2.62. The van der Waals surface area contributed by atoms with E-state index in [4.69, 9.17) is 10.1 Å². The van der Waals surface area contributed by atoms with Gasteiger partial charge in [-0.15, -0.1) is 0 Å². The van der Waals surface area contributed by atoms with Gasteiger partial charge in [-0.05, 0) is 56.9 Å². The summed E-state index contributed by atoms with van der Waals surface area (Å²) in [5.41, 5.74) is -5.07. The maximum atomic E-state index is 14.1. The van der Waals surface area contributed by atoms with Crippen LogP contribution in [0.4, 0.5) is 46.9 Å². The van der Waals surface area contributed by atoms with Gasteiger partial charge in [0.15, 0.2) is 5.75 Å². The molecule has 3 N–H and O–H groups in total. The van der Waals surface area contributed by atoms with Crippen LogP contribution in [0.15, 0.2) is 30.3 Å². The van der Waals surface area contributed by atoms with Crippen molar-refractivity contribution >= 4 is 23.8 Å². The number of benzene rings is 2. The van der Waals surface area contributed by atoms with Gasteiger partial charge in [0, 0.05) is 25.8 Å². The molecule has 2 rings (SSSR count). The highest BCUT2D eigenvalue weighted by molar-refractivity contribution is 5.92. The lowest BCUT2D eigenvalue weighted by atomic mass is 9.99. The largest absolute Gasteiger partial charge is 0.420 e. The van der Waals surface area contributed by atoms with Crippen molar-refractivity contribution in [3.05, 3.63) is 52.8 Å². The fourth-order valence-electron chi connectivity index (χ4n) is 3.65. The monoisotopic (exact) mass is 567 g/mol. The highest BCUT2D eigenvalue weighted by Crippen LogP contribution is 2.48. The summed E-state index contributed by atoms with van der Waals surface area (Å²) in [6.07, 6.45) is -12.5. The van der Waals surface area contributed by atoms with Crippen LogP contribution in [0.25, 0.3) is 0 Å². The number of ether oxygens (including phenoxy) is 1. The first-order chi connectivity index (χ1) is 18.0. The maximum Gasteiger partial charge on any atom is 0.420 e. The minimum absolute atomic E-state index is 0.0283. The van der Waals surface area contributed by atoms with Crippen molar-refractivity contribution in [2.45, 2.75) is 25.4 Å². The molecule has 8 nitrogen and oxygen atoms in total. The SMILES string of the molecule is Cc1c(C(F)(F)F)cc(C(F)(F)F)c(OC(=O)N(C)c2ccc(F)cc2)c1N(C=N)CNCC(O)CN(C)C. The molecule has 1 atom stereocenters. The molecule has 1 unspecified atom stereocenters. The van der Waals surface area contributed by atoms with Gasteiger partial charge in [-0.25, -0.2) is 9.18 Å². The molecule has 15 heteroatoms. The molecule has 0 bridgehead atoms. The first kappa shape index (κ1) is 31.8. The van der Waals surface area contributed by atoms with Crippen molar-refractivity contribution in [3.63, 3.8) is 0 Å². The predicted octanol–water partition coefficient (Wildman–Crippen LogP) is 4.69. The quantitative estimate of drug-likeness (QED) is 0.167. The second-order valence-electron chi connectivity index (χ2n) is 8.80. The Labute approximate surface area is 220 Å². The summed E-state index contributed by atoms with van der Waals surface area (Å²) in [6.45, 7) is 0.467. The third kappa shape index (κ3) is 8.28. The Bertz CT molecular complexity index is 1150. The molecule has 0 aromatic heterocycles. The normalized spacial score (nSPS) is 12.8. The van der Waals surface area contributed by atoms with Crippen molar-refractivity contribution < 1.29 is 45.4 Å². The average molecular weight is 568 g/mol. The van der Waals surface area contributed by atoms with E-state index in [1.807, 2.05) is 0 Å². The molecule has 2 aromatic carbocycles. The fraction of sp³-hybridized carbons (Fsp3) is 0.417. The lowest BCUT2D eigenvalue weighted by Crippen LogP contribution is -2.41. The van der Waals surface area contributed by atoms with Crippen molar-refractivity contribution in [2.75, 3.05) is 50.7 Å². The first-order valence-corrected chi connectivity index (χ1v) is 11.3. The number of carbonyl (C=O) groups is 1. The molecule has 0 saturated heterocycles. The summed E-state index contributed by atoms with van der Waals surface area (Å²) in [7, 11) is 4.48. The van der Waals surface area contributed by atoms with E-state index in [0.29, 0.717) is 11.2 Å². The van der Waals surface area contributed by atoms with Crippen molar-refractivity contribution in [3.8, 4) is 5.75 Å². The number of halogens is 7. The minimum atomic E-state index is -5.39. The number of anilines is 2. The van der Waals surface area contributed by atoms with Gasteiger partial charge in [0.2, 0.25) is 0 Å². The van der Waals surface area contributed by atoms with E-state index in [0.717, 1.165) is 43.1 Å². The number of alkyl halides is 6. The maximum absolute atomic E-state index is 14.1. The van der Waals surface area contributed by atoms with E-state index < -0.39 is 65.2 Å². The van der Waals surface area contributed by atoms with E-state index in [9.17, 15) is 40.6 Å².